The summed E-state index contributed by atoms with van der Waals surface area (Å²) in [6.45, 7) is 2.68. The highest BCUT2D eigenvalue weighted by Crippen LogP contribution is 2.42. The summed E-state index contributed by atoms with van der Waals surface area (Å²) in [7, 11) is 2.04. The van der Waals surface area contributed by atoms with Crippen LogP contribution < -0.4 is 15.0 Å². The maximum Gasteiger partial charge on any atom is 0.319 e. The van der Waals surface area contributed by atoms with E-state index in [9.17, 15) is 5.11 Å². The van der Waals surface area contributed by atoms with Crippen LogP contribution in [0, 0.1) is 5.82 Å². The highest BCUT2D eigenvalue weighted by Gasteiger charge is 2.35. The molecule has 4 aromatic rings. The van der Waals surface area contributed by atoms with Gasteiger partial charge in [0.25, 0.3) is 6.43 Å². The van der Waals surface area contributed by atoms with Crippen LogP contribution in [-0.2, 0) is 0 Å². The number of hydrogen-bond acceptors (Lipinski definition) is 8. The monoisotopic (exact) mass is 564 g/mol. The van der Waals surface area contributed by atoms with Crippen molar-refractivity contribution in [3.63, 3.8) is 0 Å². The molecule has 3 atom stereocenters. The molecular weight excluding hydrogens is 533 g/mol. The summed E-state index contributed by atoms with van der Waals surface area (Å²) < 4.78 is 51.2. The van der Waals surface area contributed by atoms with Crippen LogP contribution >= 0.6 is 0 Å². The van der Waals surface area contributed by atoms with Crippen LogP contribution in [0.4, 0.5) is 19.0 Å². The number of halogens is 3. The maximum atomic E-state index is 15.1. The first-order valence-corrected chi connectivity index (χ1v) is 14.1. The zero-order valence-electron chi connectivity index (χ0n) is 22.7. The SMILES string of the molecule is CN1CCCC1COc1nc(N2CC3CCC(C2)N3)c2cnc(-c3cc(O)cc4cccc(F)c34)c(C(F)F)c2n1. The van der Waals surface area contributed by atoms with E-state index in [2.05, 4.69) is 25.1 Å². The molecule has 3 saturated heterocycles. The standard InChI is InChI=1S/C30H31F3N6O2/c1-38-9-3-5-19(38)15-41-30-36-27-22(29(37-30)39-13-17-7-8-18(14-39)35-17)12-34-26(25(27)28(32)33)21-11-20(40)10-16-4-2-6-23(31)24(16)21/h2,4,6,10-12,17-19,28,35,40H,3,5,7-9,13-15H2,1H3. The van der Waals surface area contributed by atoms with E-state index in [1.54, 1.807) is 6.07 Å². The Morgan fingerprint density at radius 2 is 1.93 bits per heavy atom. The Morgan fingerprint density at radius 3 is 2.66 bits per heavy atom. The third-order valence-corrected chi connectivity index (χ3v) is 8.71. The summed E-state index contributed by atoms with van der Waals surface area (Å²) in [6, 6.07) is 7.87. The molecule has 3 aliphatic rings. The Morgan fingerprint density at radius 1 is 1.12 bits per heavy atom. The van der Waals surface area contributed by atoms with Gasteiger partial charge in [-0.2, -0.15) is 9.97 Å². The van der Waals surface area contributed by atoms with Gasteiger partial charge < -0.3 is 25.0 Å². The first-order valence-electron chi connectivity index (χ1n) is 14.1. The van der Waals surface area contributed by atoms with E-state index in [1.165, 1.54) is 30.5 Å². The first kappa shape index (κ1) is 26.2. The zero-order valence-corrected chi connectivity index (χ0v) is 22.7. The molecule has 11 heteroatoms. The molecule has 2 aromatic heterocycles. The summed E-state index contributed by atoms with van der Waals surface area (Å²) in [6.07, 6.45) is 2.63. The number of phenols is 1. The number of nitrogens with one attached hydrogen (secondary N) is 1. The van der Waals surface area contributed by atoms with E-state index in [1.807, 2.05) is 7.05 Å². The number of likely N-dealkylation sites (N-methyl/N-ethyl adjacent to an activating group) is 1. The lowest BCUT2D eigenvalue weighted by Crippen LogP contribution is -2.51. The smallest absolute Gasteiger partial charge is 0.319 e. The van der Waals surface area contributed by atoms with Crippen LogP contribution in [0.5, 0.6) is 11.8 Å². The molecule has 0 saturated carbocycles. The third-order valence-electron chi connectivity index (χ3n) is 8.71. The van der Waals surface area contributed by atoms with Gasteiger partial charge in [0.2, 0.25) is 0 Å². The minimum atomic E-state index is -2.99. The van der Waals surface area contributed by atoms with Gasteiger partial charge in [0.15, 0.2) is 0 Å². The van der Waals surface area contributed by atoms with E-state index in [-0.39, 0.29) is 40.0 Å². The summed E-state index contributed by atoms with van der Waals surface area (Å²) in [5.74, 6) is -0.260. The van der Waals surface area contributed by atoms with Crippen molar-refractivity contribution in [2.75, 3.05) is 38.2 Å². The number of ether oxygens (including phenoxy) is 1. The highest BCUT2D eigenvalue weighted by molar-refractivity contribution is 6.01. The van der Waals surface area contributed by atoms with Gasteiger partial charge in [-0.25, -0.2) is 13.2 Å². The number of anilines is 1. The number of likely N-dealkylation sites (tertiary alicyclic amines) is 1. The van der Waals surface area contributed by atoms with Gasteiger partial charge in [0.05, 0.1) is 22.2 Å². The van der Waals surface area contributed by atoms with E-state index in [4.69, 9.17) is 9.72 Å². The van der Waals surface area contributed by atoms with Gasteiger partial charge in [0, 0.05) is 48.4 Å². The number of phenolic OH excluding ortho intramolecular Hbond substituents is 1. The fraction of sp³-hybridized carbons (Fsp3) is 0.433. The van der Waals surface area contributed by atoms with E-state index in [0.29, 0.717) is 48.4 Å². The van der Waals surface area contributed by atoms with Crippen molar-refractivity contribution in [3.8, 4) is 23.0 Å². The van der Waals surface area contributed by atoms with Crippen molar-refractivity contribution in [2.24, 2.45) is 0 Å². The molecule has 2 N–H and O–H groups in total. The number of nitrogens with zero attached hydrogens (tertiary/aromatic N) is 5. The second-order valence-corrected chi connectivity index (χ2v) is 11.4. The van der Waals surface area contributed by atoms with Crippen LogP contribution in [0.25, 0.3) is 32.9 Å². The Bertz CT molecular complexity index is 1620. The van der Waals surface area contributed by atoms with Crippen LogP contribution in [0.1, 0.15) is 37.7 Å². The molecule has 5 heterocycles. The van der Waals surface area contributed by atoms with E-state index >= 15 is 13.2 Å². The number of alkyl halides is 2. The molecule has 2 aromatic carbocycles. The van der Waals surface area contributed by atoms with Crippen LogP contribution in [0.2, 0.25) is 0 Å². The predicted molar refractivity (Wildman–Crippen MR) is 150 cm³/mol. The normalized spacial score (nSPS) is 22.9. The molecule has 0 aliphatic carbocycles. The molecule has 8 nitrogen and oxygen atoms in total. The highest BCUT2D eigenvalue weighted by atomic mass is 19.3. The average molecular weight is 565 g/mol. The number of aromatic hydroxyl groups is 1. The summed E-state index contributed by atoms with van der Waals surface area (Å²) in [5, 5.41) is 14.9. The third kappa shape index (κ3) is 4.70. The fourth-order valence-electron chi connectivity index (χ4n) is 6.68. The largest absolute Gasteiger partial charge is 0.508 e. The number of pyridine rings is 1. The van der Waals surface area contributed by atoms with Crippen LogP contribution in [0.15, 0.2) is 36.5 Å². The second kappa shape index (κ2) is 10.3. The molecule has 214 valence electrons. The van der Waals surface area contributed by atoms with Gasteiger partial charge in [0.1, 0.15) is 24.0 Å². The molecule has 3 unspecified atom stereocenters. The van der Waals surface area contributed by atoms with Crippen LogP contribution in [0.3, 0.4) is 0 Å². The van der Waals surface area contributed by atoms with E-state index in [0.717, 1.165) is 32.2 Å². The maximum absolute atomic E-state index is 15.1. The zero-order chi connectivity index (χ0) is 28.2. The second-order valence-electron chi connectivity index (χ2n) is 11.4. The van der Waals surface area contributed by atoms with Crippen molar-refractivity contribution in [3.05, 3.63) is 47.9 Å². The molecule has 2 bridgehead atoms. The number of benzene rings is 2. The molecule has 0 radical (unpaired) electrons. The van der Waals surface area contributed by atoms with Gasteiger partial charge in [-0.15, -0.1) is 0 Å². The summed E-state index contributed by atoms with van der Waals surface area (Å²) in [4.78, 5) is 18.1. The van der Waals surface area contributed by atoms with Gasteiger partial charge >= 0.3 is 6.01 Å². The minimum absolute atomic E-state index is 0.0171. The topological polar surface area (TPSA) is 86.6 Å². The first-order chi connectivity index (χ1) is 19.9. The average Bonchev–Trinajstić information content (AvgIpc) is 3.52. The molecule has 3 fully saturated rings. The molecule has 7 rings (SSSR count). The molecule has 0 amide bonds. The minimum Gasteiger partial charge on any atom is -0.508 e. The molecule has 41 heavy (non-hydrogen) atoms. The number of rotatable bonds is 6. The Labute approximate surface area is 235 Å². The van der Waals surface area contributed by atoms with Crippen LogP contribution in [-0.4, -0.2) is 76.4 Å². The Hall–Kier alpha value is -3.70. The summed E-state index contributed by atoms with van der Waals surface area (Å²) >= 11 is 0. The lowest BCUT2D eigenvalue weighted by molar-refractivity contribution is 0.153. The number of piperazine rings is 1. The Kier molecular flexibility index (Phi) is 6.58. The van der Waals surface area contributed by atoms with E-state index < -0.39 is 17.8 Å². The summed E-state index contributed by atoms with van der Waals surface area (Å²) in [5.41, 5.74) is -0.485. The lowest BCUT2D eigenvalue weighted by Gasteiger charge is -2.34. The Balaban J connectivity index is 1.42. The number of hydrogen-bond donors (Lipinski definition) is 2. The van der Waals surface area contributed by atoms with Crippen molar-refractivity contribution in [1.82, 2.24) is 25.2 Å². The van der Waals surface area contributed by atoms with Crippen molar-refractivity contribution < 1.29 is 23.0 Å². The number of aromatic nitrogens is 3. The fourth-order valence-corrected chi connectivity index (χ4v) is 6.68. The lowest BCUT2D eigenvalue weighted by atomic mass is 9.96. The van der Waals surface area contributed by atoms with Crippen molar-refractivity contribution in [1.29, 1.82) is 0 Å². The van der Waals surface area contributed by atoms with Crippen molar-refractivity contribution in [2.45, 2.75) is 50.2 Å². The van der Waals surface area contributed by atoms with Gasteiger partial charge in [-0.1, -0.05) is 12.1 Å². The van der Waals surface area contributed by atoms with Gasteiger partial charge in [-0.3, -0.25) is 4.98 Å². The van der Waals surface area contributed by atoms with Crippen molar-refractivity contribution >= 4 is 27.5 Å². The predicted octanol–water partition coefficient (Wildman–Crippen LogP) is 5.04. The van der Waals surface area contributed by atoms with Gasteiger partial charge in [-0.05, 0) is 62.9 Å². The quantitative estimate of drug-likeness (QED) is 0.337. The molecule has 0 spiro atoms. The molecular formula is C30H31F3N6O2. The molecule has 3 aliphatic heterocycles. The number of fused-ring (bicyclic) bond motifs is 4.